The van der Waals surface area contributed by atoms with Gasteiger partial charge in [-0.25, -0.2) is 9.97 Å². The summed E-state index contributed by atoms with van der Waals surface area (Å²) in [4.78, 5) is 20.2. The zero-order chi connectivity index (χ0) is 14.7. The molecule has 1 saturated heterocycles. The lowest BCUT2D eigenvalue weighted by atomic mass is 10.2. The van der Waals surface area contributed by atoms with Crippen LogP contribution in [0.15, 0.2) is 47.6 Å². The molecule has 0 saturated carbocycles. The molecule has 7 heteroatoms. The highest BCUT2D eigenvalue weighted by Crippen LogP contribution is 2.27. The van der Waals surface area contributed by atoms with Gasteiger partial charge in [0.1, 0.15) is 10.1 Å². The fourth-order valence-electron chi connectivity index (χ4n) is 1.68. The molecule has 0 spiro atoms. The van der Waals surface area contributed by atoms with E-state index in [1.807, 2.05) is 12.1 Å². The molecule has 104 valence electrons. The number of carbonyl (C=O) groups excluding carboxylic acids is 1. The number of aromatic nitrogens is 2. The molecule has 2 aromatic rings. The average molecular weight is 315 g/mol. The van der Waals surface area contributed by atoms with Gasteiger partial charge in [-0.15, -0.1) is 0 Å². The van der Waals surface area contributed by atoms with Gasteiger partial charge in [0.2, 0.25) is 0 Å². The van der Waals surface area contributed by atoms with E-state index in [1.165, 1.54) is 11.8 Å². The van der Waals surface area contributed by atoms with Crippen molar-refractivity contribution in [3.63, 3.8) is 0 Å². The Morgan fingerprint density at radius 1 is 1.24 bits per heavy atom. The second-order valence-corrected chi connectivity index (χ2v) is 5.78. The molecule has 0 atom stereocenters. The van der Waals surface area contributed by atoms with E-state index in [4.69, 9.17) is 17.0 Å². The van der Waals surface area contributed by atoms with E-state index in [9.17, 15) is 4.79 Å². The number of nitrogens with one attached hydrogen (secondary N) is 1. The lowest BCUT2D eigenvalue weighted by Gasteiger charge is -2.04. The van der Waals surface area contributed by atoms with Crippen LogP contribution < -0.4 is 10.1 Å². The zero-order valence-electron chi connectivity index (χ0n) is 10.6. The molecule has 3 rings (SSSR count). The molecular weight excluding hydrogens is 306 g/mol. The van der Waals surface area contributed by atoms with Gasteiger partial charge in [0.05, 0.1) is 4.91 Å². The van der Waals surface area contributed by atoms with Gasteiger partial charge in [-0.2, -0.15) is 0 Å². The van der Waals surface area contributed by atoms with Crippen LogP contribution in [0.25, 0.3) is 6.08 Å². The smallest absolute Gasteiger partial charge is 0.321 e. The number of thiocarbonyl (C=S) groups is 1. The van der Waals surface area contributed by atoms with Gasteiger partial charge in [0.25, 0.3) is 5.91 Å². The van der Waals surface area contributed by atoms with E-state index in [-0.39, 0.29) is 11.9 Å². The summed E-state index contributed by atoms with van der Waals surface area (Å²) in [5.74, 6) is 0.421. The lowest BCUT2D eigenvalue weighted by molar-refractivity contribution is -0.115. The Labute approximate surface area is 130 Å². The molecular formula is C14H9N3O2S2. The molecule has 1 aliphatic rings. The van der Waals surface area contributed by atoms with Gasteiger partial charge in [0, 0.05) is 12.4 Å². The number of amides is 1. The van der Waals surface area contributed by atoms with Gasteiger partial charge in [-0.1, -0.05) is 36.1 Å². The lowest BCUT2D eigenvalue weighted by Crippen LogP contribution is -2.17. The van der Waals surface area contributed by atoms with Gasteiger partial charge in [-0.3, -0.25) is 4.79 Å². The molecule has 21 heavy (non-hydrogen) atoms. The van der Waals surface area contributed by atoms with Crippen molar-refractivity contribution in [1.29, 1.82) is 0 Å². The number of thioether (sulfide) groups is 1. The SMILES string of the molecule is O=C1NC(=S)S/C1=C\c1cccc(Oc2ncccn2)c1. The molecule has 2 heterocycles. The van der Waals surface area contributed by atoms with Gasteiger partial charge >= 0.3 is 6.01 Å². The number of hydrogen-bond donors (Lipinski definition) is 1. The Hall–Kier alpha value is -2.25. The van der Waals surface area contributed by atoms with Gasteiger partial charge < -0.3 is 10.1 Å². The summed E-state index contributed by atoms with van der Waals surface area (Å²) < 4.78 is 6.02. The van der Waals surface area contributed by atoms with Crippen molar-refractivity contribution >= 4 is 40.3 Å². The first-order chi connectivity index (χ1) is 10.2. The molecule has 0 unspecified atom stereocenters. The number of rotatable bonds is 3. The van der Waals surface area contributed by atoms with E-state index >= 15 is 0 Å². The van der Waals surface area contributed by atoms with Gasteiger partial charge in [-0.05, 0) is 29.8 Å². The molecule has 5 nitrogen and oxygen atoms in total. The second kappa shape index (κ2) is 6.02. The summed E-state index contributed by atoms with van der Waals surface area (Å²) in [6.07, 6.45) is 4.97. The summed E-state index contributed by atoms with van der Waals surface area (Å²) in [5, 5.41) is 2.58. The van der Waals surface area contributed by atoms with Crippen LogP contribution in [0.4, 0.5) is 0 Å². The summed E-state index contributed by atoms with van der Waals surface area (Å²) in [6, 6.07) is 9.30. The topological polar surface area (TPSA) is 64.1 Å². The molecule has 0 radical (unpaired) electrons. The molecule has 0 bridgehead atoms. The fraction of sp³-hybridized carbons (Fsp3) is 0. The number of carbonyl (C=O) groups is 1. The summed E-state index contributed by atoms with van der Waals surface area (Å²) in [6.45, 7) is 0. The summed E-state index contributed by atoms with van der Waals surface area (Å²) in [5.41, 5.74) is 0.839. The highest BCUT2D eigenvalue weighted by atomic mass is 32.2. The van der Waals surface area contributed by atoms with Crippen LogP contribution in [0, 0.1) is 0 Å². The molecule has 1 aromatic heterocycles. The predicted octanol–water partition coefficient (Wildman–Crippen LogP) is 2.76. The van der Waals surface area contributed by atoms with Crippen LogP contribution in [-0.2, 0) is 4.79 Å². The minimum absolute atomic E-state index is 0.178. The summed E-state index contributed by atoms with van der Waals surface area (Å²) in [7, 11) is 0. The Balaban J connectivity index is 1.82. The number of ether oxygens (including phenoxy) is 1. The van der Waals surface area contributed by atoms with E-state index in [0.717, 1.165) is 5.56 Å². The van der Waals surface area contributed by atoms with Crippen molar-refractivity contribution in [3.05, 3.63) is 53.2 Å². The predicted molar refractivity (Wildman–Crippen MR) is 84.9 cm³/mol. The summed E-state index contributed by atoms with van der Waals surface area (Å²) >= 11 is 6.20. The Morgan fingerprint density at radius 3 is 2.76 bits per heavy atom. The molecule has 1 aromatic carbocycles. The first-order valence-corrected chi connectivity index (χ1v) is 7.23. The van der Waals surface area contributed by atoms with Crippen LogP contribution in [-0.4, -0.2) is 20.2 Å². The third kappa shape index (κ3) is 3.45. The maximum atomic E-state index is 11.6. The normalized spacial score (nSPS) is 16.1. The van der Waals surface area contributed by atoms with Crippen molar-refractivity contribution in [2.45, 2.75) is 0 Å². The van der Waals surface area contributed by atoms with Crippen LogP contribution in [0.1, 0.15) is 5.56 Å². The number of hydrogen-bond acceptors (Lipinski definition) is 6. The van der Waals surface area contributed by atoms with E-state index in [0.29, 0.717) is 15.0 Å². The van der Waals surface area contributed by atoms with E-state index < -0.39 is 0 Å². The Morgan fingerprint density at radius 2 is 2.05 bits per heavy atom. The standard InChI is InChI=1S/C14H9N3O2S2/c18-12-11(21-14(20)17-12)8-9-3-1-4-10(7-9)19-13-15-5-2-6-16-13/h1-8H,(H,17,18,20)/b11-8-. The quantitative estimate of drug-likeness (QED) is 0.694. The van der Waals surface area contributed by atoms with E-state index in [1.54, 1.807) is 36.7 Å². The third-order valence-corrected chi connectivity index (χ3v) is 3.71. The molecule has 1 N–H and O–H groups in total. The largest absolute Gasteiger partial charge is 0.424 e. The highest BCUT2D eigenvalue weighted by Gasteiger charge is 2.21. The highest BCUT2D eigenvalue weighted by molar-refractivity contribution is 8.26. The van der Waals surface area contributed by atoms with Crippen LogP contribution in [0.5, 0.6) is 11.8 Å². The first-order valence-electron chi connectivity index (χ1n) is 6.00. The minimum atomic E-state index is -0.178. The molecule has 1 aliphatic heterocycles. The van der Waals surface area contributed by atoms with Crippen molar-refractivity contribution in [1.82, 2.24) is 15.3 Å². The Kier molecular flexibility index (Phi) is 3.94. The van der Waals surface area contributed by atoms with Crippen molar-refractivity contribution in [2.24, 2.45) is 0 Å². The second-order valence-electron chi connectivity index (χ2n) is 4.06. The maximum absolute atomic E-state index is 11.6. The maximum Gasteiger partial charge on any atom is 0.321 e. The van der Waals surface area contributed by atoms with E-state index in [2.05, 4.69) is 15.3 Å². The zero-order valence-corrected chi connectivity index (χ0v) is 12.3. The third-order valence-electron chi connectivity index (χ3n) is 2.55. The van der Waals surface area contributed by atoms with Crippen molar-refractivity contribution in [3.8, 4) is 11.8 Å². The monoisotopic (exact) mass is 315 g/mol. The van der Waals surface area contributed by atoms with Crippen LogP contribution in [0.3, 0.4) is 0 Å². The average Bonchev–Trinajstić information content (AvgIpc) is 2.78. The number of nitrogens with zero attached hydrogens (tertiary/aromatic N) is 2. The first kappa shape index (κ1) is 13.7. The minimum Gasteiger partial charge on any atom is -0.424 e. The number of benzene rings is 1. The molecule has 1 amide bonds. The molecule has 1 fully saturated rings. The van der Waals surface area contributed by atoms with Crippen LogP contribution >= 0.6 is 24.0 Å². The fourth-order valence-corrected chi connectivity index (χ4v) is 2.73. The van der Waals surface area contributed by atoms with Gasteiger partial charge in [0.15, 0.2) is 0 Å². The molecule has 0 aliphatic carbocycles. The van der Waals surface area contributed by atoms with Crippen molar-refractivity contribution in [2.75, 3.05) is 0 Å². The van der Waals surface area contributed by atoms with Crippen molar-refractivity contribution < 1.29 is 9.53 Å². The Bertz CT molecular complexity index is 732. The van der Waals surface area contributed by atoms with Crippen LogP contribution in [0.2, 0.25) is 0 Å².